The minimum Gasteiger partial charge on any atom is -0.477 e. The predicted molar refractivity (Wildman–Crippen MR) is 84.9 cm³/mol. The quantitative estimate of drug-likeness (QED) is 0.868. The molecule has 2 aromatic rings. The molecule has 0 aromatic carbocycles. The summed E-state index contributed by atoms with van der Waals surface area (Å²) in [6.45, 7) is 1.40. The van der Waals surface area contributed by atoms with Crippen LogP contribution in [0.25, 0.3) is 0 Å². The zero-order valence-electron chi connectivity index (χ0n) is 12.6. The van der Waals surface area contributed by atoms with Crippen molar-refractivity contribution in [2.45, 2.75) is 38.6 Å². The molecule has 0 saturated heterocycles. The van der Waals surface area contributed by atoms with Gasteiger partial charge in [0.25, 0.3) is 5.91 Å². The SMILES string of the molecule is O=C(O)c1ccc(C(=O)NCCc2nnc3n2CCCCC3)s1. The maximum atomic E-state index is 12.0. The number of rotatable bonds is 5. The van der Waals surface area contributed by atoms with Crippen molar-refractivity contribution in [3.8, 4) is 0 Å². The summed E-state index contributed by atoms with van der Waals surface area (Å²) in [5.41, 5.74) is 0. The number of thiophene rings is 1. The molecule has 1 amide bonds. The van der Waals surface area contributed by atoms with Crippen molar-refractivity contribution in [3.05, 3.63) is 33.5 Å². The first-order chi connectivity index (χ1) is 11.1. The van der Waals surface area contributed by atoms with E-state index >= 15 is 0 Å². The predicted octanol–water partition coefficient (Wildman–Crippen LogP) is 1.74. The Balaban J connectivity index is 1.56. The van der Waals surface area contributed by atoms with E-state index in [1.807, 2.05) is 0 Å². The molecule has 3 heterocycles. The van der Waals surface area contributed by atoms with Crippen LogP contribution >= 0.6 is 11.3 Å². The number of carbonyl (C=O) groups is 2. The molecule has 0 spiro atoms. The molecule has 0 saturated carbocycles. The molecule has 0 aliphatic carbocycles. The molecule has 0 fully saturated rings. The molecule has 0 bridgehead atoms. The maximum absolute atomic E-state index is 12.0. The number of nitrogens with zero attached hydrogens (tertiary/aromatic N) is 3. The van der Waals surface area contributed by atoms with Crippen LogP contribution in [0.4, 0.5) is 0 Å². The smallest absolute Gasteiger partial charge is 0.345 e. The molecule has 2 N–H and O–H groups in total. The Kier molecular flexibility index (Phi) is 4.71. The van der Waals surface area contributed by atoms with Crippen molar-refractivity contribution in [1.29, 1.82) is 0 Å². The van der Waals surface area contributed by atoms with E-state index in [0.29, 0.717) is 17.8 Å². The van der Waals surface area contributed by atoms with Gasteiger partial charge >= 0.3 is 5.97 Å². The van der Waals surface area contributed by atoms with Gasteiger partial charge in [-0.3, -0.25) is 4.79 Å². The summed E-state index contributed by atoms with van der Waals surface area (Å²) in [5, 5.41) is 20.1. The van der Waals surface area contributed by atoms with Gasteiger partial charge < -0.3 is 15.0 Å². The Labute approximate surface area is 137 Å². The lowest BCUT2D eigenvalue weighted by Gasteiger charge is -2.07. The van der Waals surface area contributed by atoms with Crippen LogP contribution in [0.1, 0.15) is 50.3 Å². The summed E-state index contributed by atoms with van der Waals surface area (Å²) in [6, 6.07) is 2.98. The number of carbonyl (C=O) groups excluding carboxylic acids is 1. The number of hydrogen-bond acceptors (Lipinski definition) is 5. The van der Waals surface area contributed by atoms with E-state index in [1.165, 1.54) is 18.6 Å². The van der Waals surface area contributed by atoms with Gasteiger partial charge in [0.15, 0.2) is 0 Å². The van der Waals surface area contributed by atoms with E-state index < -0.39 is 5.97 Å². The molecule has 0 atom stereocenters. The van der Waals surface area contributed by atoms with Crippen LogP contribution in [-0.4, -0.2) is 38.3 Å². The van der Waals surface area contributed by atoms with Crippen molar-refractivity contribution in [2.24, 2.45) is 0 Å². The van der Waals surface area contributed by atoms with Gasteiger partial charge in [-0.05, 0) is 25.0 Å². The normalized spacial score (nSPS) is 14.1. The number of fused-ring (bicyclic) bond motifs is 1. The largest absolute Gasteiger partial charge is 0.477 e. The fourth-order valence-corrected chi connectivity index (χ4v) is 3.44. The summed E-state index contributed by atoms with van der Waals surface area (Å²) in [6.07, 6.45) is 5.09. The minimum absolute atomic E-state index is 0.165. The molecular formula is C15H18N4O3S. The monoisotopic (exact) mass is 334 g/mol. The van der Waals surface area contributed by atoms with E-state index in [9.17, 15) is 9.59 Å². The third-order valence-corrected chi connectivity index (χ3v) is 4.93. The Bertz CT molecular complexity index is 722. The number of aromatic carboxylic acids is 1. The maximum Gasteiger partial charge on any atom is 0.345 e. The molecule has 23 heavy (non-hydrogen) atoms. The van der Waals surface area contributed by atoms with Crippen LogP contribution < -0.4 is 5.32 Å². The highest BCUT2D eigenvalue weighted by molar-refractivity contribution is 7.15. The molecule has 8 heteroatoms. The average molecular weight is 334 g/mol. The Morgan fingerprint density at radius 3 is 2.83 bits per heavy atom. The second-order valence-corrected chi connectivity index (χ2v) is 6.55. The number of amides is 1. The van der Waals surface area contributed by atoms with Gasteiger partial charge in [-0.2, -0.15) is 0 Å². The van der Waals surface area contributed by atoms with Crippen molar-refractivity contribution in [1.82, 2.24) is 20.1 Å². The molecule has 1 aliphatic rings. The third kappa shape index (κ3) is 3.58. The Morgan fingerprint density at radius 1 is 1.22 bits per heavy atom. The molecule has 7 nitrogen and oxygen atoms in total. The Hall–Kier alpha value is -2.22. The molecule has 0 radical (unpaired) electrons. The highest BCUT2D eigenvalue weighted by Crippen LogP contribution is 2.17. The van der Waals surface area contributed by atoms with E-state index in [0.717, 1.165) is 48.8 Å². The molecular weight excluding hydrogens is 316 g/mol. The van der Waals surface area contributed by atoms with Crippen LogP contribution in [0.2, 0.25) is 0 Å². The van der Waals surface area contributed by atoms with Crippen LogP contribution in [0.5, 0.6) is 0 Å². The molecule has 2 aromatic heterocycles. The van der Waals surface area contributed by atoms with Gasteiger partial charge in [-0.1, -0.05) is 6.42 Å². The first-order valence-electron chi connectivity index (χ1n) is 7.67. The van der Waals surface area contributed by atoms with E-state index in [1.54, 1.807) is 0 Å². The lowest BCUT2D eigenvalue weighted by atomic mass is 10.2. The standard InChI is InChI=1S/C15H18N4O3S/c20-14(10-5-6-11(23-10)15(21)22)16-8-7-13-18-17-12-4-2-1-3-9-19(12)13/h5-6H,1-4,7-9H2,(H,16,20)(H,21,22). The van der Waals surface area contributed by atoms with E-state index in [2.05, 4.69) is 20.1 Å². The summed E-state index contributed by atoms with van der Waals surface area (Å²) >= 11 is 0.978. The molecule has 3 rings (SSSR count). The van der Waals surface area contributed by atoms with Crippen LogP contribution in [-0.2, 0) is 19.4 Å². The summed E-state index contributed by atoms with van der Waals surface area (Å²) in [7, 11) is 0. The topological polar surface area (TPSA) is 97.1 Å². The molecule has 1 aliphatic heterocycles. The van der Waals surface area contributed by atoms with Crippen molar-refractivity contribution < 1.29 is 14.7 Å². The fraction of sp³-hybridized carbons (Fsp3) is 0.467. The van der Waals surface area contributed by atoms with E-state index in [-0.39, 0.29) is 10.8 Å². The minimum atomic E-state index is -1.01. The summed E-state index contributed by atoms with van der Waals surface area (Å²) in [5.74, 6) is 0.672. The molecule has 0 unspecified atom stereocenters. The second-order valence-electron chi connectivity index (χ2n) is 5.47. The summed E-state index contributed by atoms with van der Waals surface area (Å²) < 4.78 is 2.16. The van der Waals surface area contributed by atoms with Crippen molar-refractivity contribution in [3.63, 3.8) is 0 Å². The number of carboxylic acid groups (broad SMARTS) is 1. The van der Waals surface area contributed by atoms with Crippen molar-refractivity contribution in [2.75, 3.05) is 6.54 Å². The van der Waals surface area contributed by atoms with Crippen LogP contribution in [0, 0.1) is 0 Å². The number of nitrogens with one attached hydrogen (secondary N) is 1. The lowest BCUT2D eigenvalue weighted by molar-refractivity contribution is 0.0702. The van der Waals surface area contributed by atoms with Crippen LogP contribution in [0.15, 0.2) is 12.1 Å². The second kappa shape index (κ2) is 6.91. The lowest BCUT2D eigenvalue weighted by Crippen LogP contribution is -2.25. The molecule has 122 valence electrons. The third-order valence-electron chi connectivity index (χ3n) is 3.86. The van der Waals surface area contributed by atoms with E-state index in [4.69, 9.17) is 5.11 Å². The van der Waals surface area contributed by atoms with Gasteiger partial charge in [-0.25, -0.2) is 4.79 Å². The number of aromatic nitrogens is 3. The Morgan fingerprint density at radius 2 is 2.04 bits per heavy atom. The average Bonchev–Trinajstić information content (AvgIpc) is 3.10. The first-order valence-corrected chi connectivity index (χ1v) is 8.49. The summed E-state index contributed by atoms with van der Waals surface area (Å²) in [4.78, 5) is 23.4. The van der Waals surface area contributed by atoms with Gasteiger partial charge in [0.05, 0.1) is 4.88 Å². The number of hydrogen-bond donors (Lipinski definition) is 2. The number of carboxylic acids is 1. The van der Waals surface area contributed by atoms with Crippen LogP contribution in [0.3, 0.4) is 0 Å². The number of aryl methyl sites for hydroxylation is 1. The zero-order valence-corrected chi connectivity index (χ0v) is 13.4. The fourth-order valence-electron chi connectivity index (χ4n) is 2.68. The van der Waals surface area contributed by atoms with Gasteiger partial charge in [-0.15, -0.1) is 21.5 Å². The highest BCUT2D eigenvalue weighted by atomic mass is 32.1. The van der Waals surface area contributed by atoms with Gasteiger partial charge in [0.1, 0.15) is 16.5 Å². The van der Waals surface area contributed by atoms with Crippen molar-refractivity contribution >= 4 is 23.2 Å². The zero-order chi connectivity index (χ0) is 16.2. The van der Waals surface area contributed by atoms with Gasteiger partial charge in [0.2, 0.25) is 0 Å². The highest BCUT2D eigenvalue weighted by Gasteiger charge is 2.16. The first kappa shape index (κ1) is 15.7. The van der Waals surface area contributed by atoms with Gasteiger partial charge in [0, 0.05) is 25.9 Å².